The van der Waals surface area contributed by atoms with Crippen molar-refractivity contribution >= 4 is 33.8 Å². The van der Waals surface area contributed by atoms with Crippen LogP contribution in [0.2, 0.25) is 0 Å². The fourth-order valence-electron chi connectivity index (χ4n) is 3.03. The lowest BCUT2D eigenvalue weighted by Crippen LogP contribution is -2.11. The van der Waals surface area contributed by atoms with Crippen molar-refractivity contribution in [2.45, 2.75) is 0 Å². The number of nitrogens with one attached hydrogen (secondary N) is 2. The van der Waals surface area contributed by atoms with Gasteiger partial charge in [0, 0.05) is 40.3 Å². The molecular formula is C22H16N4O3S. The molecule has 0 atom stereocenters. The molecule has 0 bridgehead atoms. The molecule has 148 valence electrons. The molecule has 3 heterocycles. The molecule has 0 saturated heterocycles. The summed E-state index contributed by atoms with van der Waals surface area (Å²) in [5, 5.41) is 8.95. The number of hydrogen-bond donors (Lipinski definition) is 2. The van der Waals surface area contributed by atoms with E-state index in [1.165, 1.54) is 11.3 Å². The quantitative estimate of drug-likeness (QED) is 0.480. The van der Waals surface area contributed by atoms with Crippen LogP contribution < -0.4 is 20.1 Å². The van der Waals surface area contributed by atoms with Crippen molar-refractivity contribution in [1.29, 1.82) is 0 Å². The molecule has 4 aromatic rings. The number of ether oxygens (including phenoxy) is 2. The van der Waals surface area contributed by atoms with Gasteiger partial charge in [0.1, 0.15) is 0 Å². The van der Waals surface area contributed by atoms with Gasteiger partial charge in [0.05, 0.1) is 5.69 Å². The fraction of sp³-hybridized carbons (Fsp3) is 0.0455. The van der Waals surface area contributed by atoms with Gasteiger partial charge in [-0.05, 0) is 48.5 Å². The molecule has 1 aliphatic heterocycles. The van der Waals surface area contributed by atoms with E-state index in [4.69, 9.17) is 9.47 Å². The van der Waals surface area contributed by atoms with Gasteiger partial charge in [0.25, 0.3) is 5.91 Å². The average Bonchev–Trinajstić information content (AvgIpc) is 3.43. The minimum Gasteiger partial charge on any atom is -0.454 e. The summed E-state index contributed by atoms with van der Waals surface area (Å²) >= 11 is 1.51. The molecule has 0 unspecified atom stereocenters. The molecule has 0 aliphatic carbocycles. The highest BCUT2D eigenvalue weighted by Crippen LogP contribution is 2.33. The lowest BCUT2D eigenvalue weighted by atomic mass is 10.2. The Morgan fingerprint density at radius 1 is 0.967 bits per heavy atom. The Morgan fingerprint density at radius 2 is 1.80 bits per heavy atom. The second kappa shape index (κ2) is 7.84. The van der Waals surface area contributed by atoms with E-state index in [1.54, 1.807) is 30.6 Å². The highest BCUT2D eigenvalue weighted by atomic mass is 32.1. The Balaban J connectivity index is 1.29. The summed E-state index contributed by atoms with van der Waals surface area (Å²) in [5.41, 5.74) is 3.90. The first-order valence-electron chi connectivity index (χ1n) is 9.19. The molecule has 1 aliphatic rings. The number of aromatic nitrogens is 2. The summed E-state index contributed by atoms with van der Waals surface area (Å²) in [7, 11) is 0. The molecule has 2 aromatic heterocycles. The van der Waals surface area contributed by atoms with Crippen molar-refractivity contribution in [3.63, 3.8) is 0 Å². The summed E-state index contributed by atoms with van der Waals surface area (Å²) in [6, 6.07) is 16.4. The summed E-state index contributed by atoms with van der Waals surface area (Å²) in [6.07, 6.45) is 3.49. The van der Waals surface area contributed by atoms with Gasteiger partial charge in [-0.2, -0.15) is 0 Å². The zero-order valence-corrected chi connectivity index (χ0v) is 16.5. The SMILES string of the molecule is O=C(Nc1cccc(Nc2nc(-c3ccncc3)cs2)c1)c1ccc2c(c1)OCO2. The summed E-state index contributed by atoms with van der Waals surface area (Å²) in [6.45, 7) is 0.174. The number of carbonyl (C=O) groups excluding carboxylic acids is 1. The average molecular weight is 416 g/mol. The van der Waals surface area contributed by atoms with Crippen molar-refractivity contribution in [2.75, 3.05) is 17.4 Å². The lowest BCUT2D eigenvalue weighted by molar-refractivity contribution is 0.102. The van der Waals surface area contributed by atoms with Crippen LogP contribution in [0.5, 0.6) is 11.5 Å². The Labute approximate surface area is 176 Å². The largest absolute Gasteiger partial charge is 0.454 e. The molecule has 5 rings (SSSR count). The molecule has 8 heteroatoms. The number of hydrogen-bond acceptors (Lipinski definition) is 7. The van der Waals surface area contributed by atoms with Crippen LogP contribution in [-0.4, -0.2) is 22.7 Å². The van der Waals surface area contributed by atoms with Crippen LogP contribution in [0, 0.1) is 0 Å². The molecule has 0 fully saturated rings. The Morgan fingerprint density at radius 3 is 2.70 bits per heavy atom. The van der Waals surface area contributed by atoms with E-state index in [0.717, 1.165) is 22.1 Å². The second-order valence-corrected chi connectivity index (χ2v) is 7.36. The minimum absolute atomic E-state index is 0.174. The van der Waals surface area contributed by atoms with Crippen molar-refractivity contribution in [3.8, 4) is 22.8 Å². The second-order valence-electron chi connectivity index (χ2n) is 6.50. The molecule has 30 heavy (non-hydrogen) atoms. The predicted octanol–water partition coefficient (Wildman–Crippen LogP) is 4.93. The minimum atomic E-state index is -0.223. The van der Waals surface area contributed by atoms with E-state index in [9.17, 15) is 4.79 Å². The van der Waals surface area contributed by atoms with E-state index < -0.39 is 0 Å². The van der Waals surface area contributed by atoms with Gasteiger partial charge in [-0.1, -0.05) is 6.07 Å². The number of fused-ring (bicyclic) bond motifs is 1. The topological polar surface area (TPSA) is 85.4 Å². The Hall–Kier alpha value is -3.91. The van der Waals surface area contributed by atoms with Gasteiger partial charge in [-0.25, -0.2) is 4.98 Å². The van der Waals surface area contributed by atoms with E-state index in [1.807, 2.05) is 41.8 Å². The van der Waals surface area contributed by atoms with Crippen LogP contribution in [0.25, 0.3) is 11.3 Å². The highest BCUT2D eigenvalue weighted by Gasteiger charge is 2.16. The maximum atomic E-state index is 12.6. The number of rotatable bonds is 5. The number of pyridine rings is 1. The van der Waals surface area contributed by atoms with Gasteiger partial charge in [-0.3, -0.25) is 9.78 Å². The molecule has 1 amide bonds. The van der Waals surface area contributed by atoms with E-state index in [2.05, 4.69) is 20.6 Å². The number of carbonyl (C=O) groups is 1. The number of benzene rings is 2. The maximum Gasteiger partial charge on any atom is 0.255 e. The summed E-state index contributed by atoms with van der Waals surface area (Å²) in [4.78, 5) is 21.2. The van der Waals surface area contributed by atoms with Gasteiger partial charge >= 0.3 is 0 Å². The molecule has 2 N–H and O–H groups in total. The van der Waals surface area contributed by atoms with Gasteiger partial charge in [0.15, 0.2) is 16.6 Å². The van der Waals surface area contributed by atoms with Gasteiger partial charge in [0.2, 0.25) is 6.79 Å². The van der Waals surface area contributed by atoms with Gasteiger partial charge < -0.3 is 20.1 Å². The molecule has 0 saturated carbocycles. The summed E-state index contributed by atoms with van der Waals surface area (Å²) in [5.74, 6) is 0.999. The monoisotopic (exact) mass is 416 g/mol. The highest BCUT2D eigenvalue weighted by molar-refractivity contribution is 7.14. The van der Waals surface area contributed by atoms with Crippen LogP contribution in [0.3, 0.4) is 0 Å². The van der Waals surface area contributed by atoms with Crippen molar-refractivity contribution in [3.05, 3.63) is 77.9 Å². The van der Waals surface area contributed by atoms with Crippen LogP contribution in [0.15, 0.2) is 72.4 Å². The van der Waals surface area contributed by atoms with E-state index >= 15 is 0 Å². The number of nitrogens with zero attached hydrogens (tertiary/aromatic N) is 2. The molecule has 0 spiro atoms. The van der Waals surface area contributed by atoms with Crippen LogP contribution in [0.1, 0.15) is 10.4 Å². The van der Waals surface area contributed by atoms with Crippen LogP contribution >= 0.6 is 11.3 Å². The Bertz CT molecular complexity index is 1210. The zero-order valence-electron chi connectivity index (χ0n) is 15.7. The van der Waals surface area contributed by atoms with E-state index in [-0.39, 0.29) is 12.7 Å². The first-order valence-corrected chi connectivity index (χ1v) is 10.1. The molecule has 2 aromatic carbocycles. The molecule has 7 nitrogen and oxygen atoms in total. The normalized spacial score (nSPS) is 11.9. The summed E-state index contributed by atoms with van der Waals surface area (Å²) < 4.78 is 10.6. The number of anilines is 3. The van der Waals surface area contributed by atoms with Crippen molar-refractivity contribution in [2.24, 2.45) is 0 Å². The smallest absolute Gasteiger partial charge is 0.255 e. The lowest BCUT2D eigenvalue weighted by Gasteiger charge is -2.08. The predicted molar refractivity (Wildman–Crippen MR) is 116 cm³/mol. The molecule has 0 radical (unpaired) electrons. The number of amides is 1. The fourth-order valence-corrected chi connectivity index (χ4v) is 3.77. The standard InChI is InChI=1S/C22H16N4O3S/c27-21(15-4-5-19-20(10-15)29-13-28-19)24-16-2-1-3-17(11-16)25-22-26-18(12-30-22)14-6-8-23-9-7-14/h1-12H,13H2,(H,24,27)(H,25,26). The van der Waals surface area contributed by atoms with Crippen molar-refractivity contribution < 1.29 is 14.3 Å². The van der Waals surface area contributed by atoms with E-state index in [0.29, 0.717) is 22.7 Å². The first kappa shape index (κ1) is 18.1. The number of thiazole rings is 1. The van der Waals surface area contributed by atoms with Crippen LogP contribution in [0.4, 0.5) is 16.5 Å². The Kier molecular flexibility index (Phi) is 4.74. The van der Waals surface area contributed by atoms with Crippen LogP contribution in [-0.2, 0) is 0 Å². The first-order chi connectivity index (χ1) is 14.7. The van der Waals surface area contributed by atoms with Gasteiger partial charge in [-0.15, -0.1) is 11.3 Å². The van der Waals surface area contributed by atoms with Crippen molar-refractivity contribution in [1.82, 2.24) is 9.97 Å². The third-order valence-electron chi connectivity index (χ3n) is 4.49. The molecular weight excluding hydrogens is 400 g/mol. The third kappa shape index (κ3) is 3.81. The maximum absolute atomic E-state index is 12.6. The zero-order chi connectivity index (χ0) is 20.3. The third-order valence-corrected chi connectivity index (χ3v) is 5.24.